The van der Waals surface area contributed by atoms with Gasteiger partial charge < -0.3 is 10.1 Å². The number of anilines is 1. The number of carbonyl (C=O) groups is 1. The summed E-state index contributed by atoms with van der Waals surface area (Å²) < 4.78 is 37.2. The van der Waals surface area contributed by atoms with Crippen LogP contribution in [-0.2, 0) is 27.9 Å². The van der Waals surface area contributed by atoms with Gasteiger partial charge >= 0.3 is 0 Å². The van der Waals surface area contributed by atoms with Crippen LogP contribution >= 0.6 is 11.8 Å². The molecule has 48 heavy (non-hydrogen) atoms. The van der Waals surface area contributed by atoms with Crippen molar-refractivity contribution in [1.82, 2.24) is 34.3 Å². The van der Waals surface area contributed by atoms with Gasteiger partial charge in [0, 0.05) is 31.6 Å². The summed E-state index contributed by atoms with van der Waals surface area (Å²) >= 11 is 1.42. The van der Waals surface area contributed by atoms with Crippen LogP contribution in [0.15, 0.2) is 71.1 Å². The maximum Gasteiger partial charge on any atom is 0.248 e. The second-order valence-corrected chi connectivity index (χ2v) is 14.4. The molecule has 6 rings (SSSR count). The Hall–Kier alpha value is -4.40. The SMILES string of the molecule is CC[C@@H]1CN(Cc2cc(C(CC(=O)Nc3cnc(SC)nc3)c3ccc4c(nnn4CC)c3C)ccc2C)S(=O)(=O)c2cccnc2O1. The molecule has 14 heteroatoms. The van der Waals surface area contributed by atoms with Crippen LogP contribution in [0.2, 0.25) is 0 Å². The van der Waals surface area contributed by atoms with Gasteiger partial charge in [-0.15, -0.1) is 5.10 Å². The molecule has 1 aliphatic rings. The van der Waals surface area contributed by atoms with Gasteiger partial charge in [-0.25, -0.2) is 28.1 Å². The number of hydrogen-bond donors (Lipinski definition) is 1. The molecule has 0 aliphatic carbocycles. The van der Waals surface area contributed by atoms with Gasteiger partial charge in [-0.05, 0) is 79.5 Å². The summed E-state index contributed by atoms with van der Waals surface area (Å²) in [6, 6.07) is 13.2. The van der Waals surface area contributed by atoms with Gasteiger partial charge in [0.05, 0.1) is 30.1 Å². The molecule has 4 heterocycles. The molecule has 0 spiro atoms. The van der Waals surface area contributed by atoms with Crippen molar-refractivity contribution in [2.45, 2.75) is 75.7 Å². The number of ether oxygens (including phenoxy) is 1. The molecule has 0 saturated carbocycles. The van der Waals surface area contributed by atoms with E-state index in [-0.39, 0.29) is 48.2 Å². The van der Waals surface area contributed by atoms with Crippen molar-refractivity contribution in [2.75, 3.05) is 18.1 Å². The maximum atomic E-state index is 13.9. The van der Waals surface area contributed by atoms with Crippen LogP contribution in [-0.4, -0.2) is 67.5 Å². The van der Waals surface area contributed by atoms with Crippen molar-refractivity contribution in [3.05, 3.63) is 88.9 Å². The molecule has 1 amide bonds. The lowest BCUT2D eigenvalue weighted by Gasteiger charge is -2.25. The molecule has 0 radical (unpaired) electrons. The fourth-order valence-electron chi connectivity index (χ4n) is 6.04. The second kappa shape index (κ2) is 14.0. The molecule has 250 valence electrons. The van der Waals surface area contributed by atoms with Gasteiger partial charge in [0.1, 0.15) is 16.5 Å². The second-order valence-electron chi connectivity index (χ2n) is 11.8. The van der Waals surface area contributed by atoms with Crippen molar-refractivity contribution in [1.29, 1.82) is 0 Å². The number of pyridine rings is 1. The molecule has 1 N–H and O–H groups in total. The number of aryl methyl sites for hydroxylation is 3. The molecule has 3 aromatic heterocycles. The first-order chi connectivity index (χ1) is 23.1. The third-order valence-corrected chi connectivity index (χ3v) is 11.2. The number of hydrogen-bond acceptors (Lipinski definition) is 10. The summed E-state index contributed by atoms with van der Waals surface area (Å²) in [6.07, 6.45) is 7.00. The van der Waals surface area contributed by atoms with Crippen LogP contribution in [0.3, 0.4) is 0 Å². The molecule has 12 nitrogen and oxygen atoms in total. The topological polar surface area (TPSA) is 145 Å². The van der Waals surface area contributed by atoms with E-state index in [9.17, 15) is 13.2 Å². The lowest BCUT2D eigenvalue weighted by Crippen LogP contribution is -2.36. The number of rotatable bonds is 10. The van der Waals surface area contributed by atoms with Gasteiger partial charge in [-0.1, -0.05) is 48.2 Å². The van der Waals surface area contributed by atoms with Crippen molar-refractivity contribution in [3.63, 3.8) is 0 Å². The highest BCUT2D eigenvalue weighted by Crippen LogP contribution is 2.36. The highest BCUT2D eigenvalue weighted by atomic mass is 32.2. The maximum absolute atomic E-state index is 13.9. The minimum Gasteiger partial charge on any atom is -0.472 e. The molecule has 1 aliphatic heterocycles. The van der Waals surface area contributed by atoms with Gasteiger partial charge in [0.15, 0.2) is 5.16 Å². The average molecular weight is 687 g/mol. The Bertz CT molecular complexity index is 2070. The highest BCUT2D eigenvalue weighted by Gasteiger charge is 2.35. The van der Waals surface area contributed by atoms with Crippen LogP contribution in [0.5, 0.6) is 5.88 Å². The standard InChI is InChI=1S/C34H38N8O4S2/c1-6-26-20-41(48(44,45)30-9-8-14-35-33(30)46-26)19-24-15-23(11-10-21(24)3)28(16-31(43)38-25-17-36-34(47-5)37-18-25)27-12-13-29-32(22(27)4)39-40-42(29)7-2/h8-15,17-18,26,28H,6-7,16,19-20H2,1-5H3,(H,38,43)/t26-,28?/m1/s1. The Morgan fingerprint density at radius 1 is 1.10 bits per heavy atom. The van der Waals surface area contributed by atoms with E-state index < -0.39 is 10.0 Å². The molecule has 2 atom stereocenters. The van der Waals surface area contributed by atoms with E-state index in [4.69, 9.17) is 4.74 Å². The Labute approximate surface area is 284 Å². The number of amides is 1. The van der Waals surface area contributed by atoms with E-state index in [1.807, 2.05) is 69.0 Å². The lowest BCUT2D eigenvalue weighted by atomic mass is 9.84. The number of carbonyl (C=O) groups excluding carboxylic acids is 1. The number of nitrogens with one attached hydrogen (secondary N) is 1. The number of nitrogens with zero attached hydrogens (tertiary/aromatic N) is 7. The summed E-state index contributed by atoms with van der Waals surface area (Å²) in [5, 5.41) is 12.3. The number of fused-ring (bicyclic) bond motifs is 2. The molecule has 5 aromatic rings. The molecular weight excluding hydrogens is 649 g/mol. The summed E-state index contributed by atoms with van der Waals surface area (Å²) in [6.45, 7) is 8.95. The Kier molecular flexibility index (Phi) is 9.76. The predicted octanol–water partition coefficient (Wildman–Crippen LogP) is 5.50. The van der Waals surface area contributed by atoms with Crippen LogP contribution in [0, 0.1) is 13.8 Å². The Morgan fingerprint density at radius 2 is 1.90 bits per heavy atom. The highest BCUT2D eigenvalue weighted by molar-refractivity contribution is 7.98. The minimum absolute atomic E-state index is 0.0582. The number of sulfonamides is 1. The summed E-state index contributed by atoms with van der Waals surface area (Å²) in [5.74, 6) is -0.450. The Balaban J connectivity index is 1.38. The average Bonchev–Trinajstić information content (AvgIpc) is 3.48. The van der Waals surface area contributed by atoms with Crippen LogP contribution in [0.25, 0.3) is 11.0 Å². The lowest BCUT2D eigenvalue weighted by molar-refractivity contribution is -0.116. The normalized spacial score (nSPS) is 16.6. The first kappa shape index (κ1) is 33.5. The first-order valence-electron chi connectivity index (χ1n) is 15.8. The summed E-state index contributed by atoms with van der Waals surface area (Å²) in [5.41, 5.74) is 6.73. The van der Waals surface area contributed by atoms with Gasteiger partial charge in [-0.2, -0.15) is 4.31 Å². The zero-order valence-electron chi connectivity index (χ0n) is 27.5. The fraction of sp³-hybridized carbons (Fsp3) is 0.353. The number of aromatic nitrogens is 6. The van der Waals surface area contributed by atoms with Crippen molar-refractivity contribution < 1.29 is 17.9 Å². The molecule has 0 fully saturated rings. The molecule has 2 aromatic carbocycles. The van der Waals surface area contributed by atoms with Crippen molar-refractivity contribution >= 4 is 44.4 Å². The van der Waals surface area contributed by atoms with E-state index in [0.29, 0.717) is 23.8 Å². The zero-order valence-corrected chi connectivity index (χ0v) is 29.2. The summed E-state index contributed by atoms with van der Waals surface area (Å²) in [4.78, 5) is 26.5. The minimum atomic E-state index is -3.90. The third kappa shape index (κ3) is 6.64. The van der Waals surface area contributed by atoms with Crippen molar-refractivity contribution in [2.24, 2.45) is 0 Å². The quantitative estimate of drug-likeness (QED) is 0.148. The first-order valence-corrected chi connectivity index (χ1v) is 18.5. The van der Waals surface area contributed by atoms with E-state index in [1.54, 1.807) is 18.5 Å². The molecule has 0 saturated heterocycles. The fourth-order valence-corrected chi connectivity index (χ4v) is 7.87. The summed E-state index contributed by atoms with van der Waals surface area (Å²) in [7, 11) is -3.90. The molecular formula is C34H38N8O4S2. The van der Waals surface area contributed by atoms with Gasteiger partial charge in [0.2, 0.25) is 21.8 Å². The molecule has 1 unspecified atom stereocenters. The van der Waals surface area contributed by atoms with Gasteiger partial charge in [-0.3, -0.25) is 4.79 Å². The Morgan fingerprint density at radius 3 is 2.62 bits per heavy atom. The van der Waals surface area contributed by atoms with E-state index in [1.165, 1.54) is 28.3 Å². The number of thioether (sulfide) groups is 1. The van der Waals surface area contributed by atoms with E-state index in [0.717, 1.165) is 38.9 Å². The predicted molar refractivity (Wildman–Crippen MR) is 185 cm³/mol. The monoisotopic (exact) mass is 686 g/mol. The van der Waals surface area contributed by atoms with E-state index >= 15 is 0 Å². The van der Waals surface area contributed by atoms with Crippen LogP contribution in [0.1, 0.15) is 60.4 Å². The molecule has 0 bridgehead atoms. The van der Waals surface area contributed by atoms with Gasteiger partial charge in [0.25, 0.3) is 0 Å². The van der Waals surface area contributed by atoms with E-state index in [2.05, 4.69) is 30.6 Å². The van der Waals surface area contributed by atoms with Crippen LogP contribution < -0.4 is 10.1 Å². The number of benzene rings is 2. The third-order valence-electron chi connectivity index (χ3n) is 8.76. The smallest absolute Gasteiger partial charge is 0.248 e. The zero-order chi connectivity index (χ0) is 34.0. The van der Waals surface area contributed by atoms with Crippen LogP contribution in [0.4, 0.5) is 5.69 Å². The van der Waals surface area contributed by atoms with Crippen molar-refractivity contribution in [3.8, 4) is 5.88 Å². The largest absolute Gasteiger partial charge is 0.472 e.